The van der Waals surface area contributed by atoms with Crippen LogP contribution in [0.1, 0.15) is 24.7 Å². The Morgan fingerprint density at radius 2 is 2.00 bits per heavy atom. The highest BCUT2D eigenvalue weighted by Crippen LogP contribution is 2.28. The highest BCUT2D eigenvalue weighted by Gasteiger charge is 2.26. The molecule has 108 valence electrons. The van der Waals surface area contributed by atoms with Crippen LogP contribution < -0.4 is 0 Å². The number of piperidine rings is 1. The van der Waals surface area contributed by atoms with Crippen LogP contribution in [0.2, 0.25) is 0 Å². The number of nitrogens with zero attached hydrogens (tertiary/aromatic N) is 3. The van der Waals surface area contributed by atoms with Crippen LogP contribution in [-0.2, 0) is 4.79 Å². The Morgan fingerprint density at radius 3 is 2.67 bits per heavy atom. The van der Waals surface area contributed by atoms with Gasteiger partial charge in [-0.1, -0.05) is 42.1 Å². The molecule has 0 radical (unpaired) electrons. The number of aromatic nitrogens is 2. The van der Waals surface area contributed by atoms with Crippen molar-refractivity contribution in [2.45, 2.75) is 18.8 Å². The molecular formula is C16H17N3O2. The van der Waals surface area contributed by atoms with Gasteiger partial charge in [-0.05, 0) is 18.9 Å². The Morgan fingerprint density at radius 1 is 1.29 bits per heavy atom. The lowest BCUT2D eigenvalue weighted by molar-refractivity contribution is -0.127. The highest BCUT2D eigenvalue weighted by atomic mass is 16.5. The molecule has 1 aromatic carbocycles. The second kappa shape index (κ2) is 5.91. The van der Waals surface area contributed by atoms with Gasteiger partial charge in [-0.15, -0.1) is 0 Å². The minimum Gasteiger partial charge on any atom is -0.339 e. The molecule has 0 bridgehead atoms. The summed E-state index contributed by atoms with van der Waals surface area (Å²) in [6.07, 6.45) is 3.05. The average Bonchev–Trinajstić information content (AvgIpc) is 3.05. The predicted molar refractivity (Wildman–Crippen MR) is 78.5 cm³/mol. The van der Waals surface area contributed by atoms with Crippen molar-refractivity contribution in [1.82, 2.24) is 15.0 Å². The van der Waals surface area contributed by atoms with E-state index in [1.807, 2.05) is 30.3 Å². The number of hydrogen-bond donors (Lipinski definition) is 0. The van der Waals surface area contributed by atoms with Crippen LogP contribution in [0.25, 0.3) is 11.4 Å². The van der Waals surface area contributed by atoms with Gasteiger partial charge < -0.3 is 9.42 Å². The summed E-state index contributed by atoms with van der Waals surface area (Å²) in [5.41, 5.74) is 0.951. The molecule has 0 saturated carbocycles. The van der Waals surface area contributed by atoms with Crippen molar-refractivity contribution in [3.8, 4) is 11.4 Å². The molecule has 5 heteroatoms. The summed E-state index contributed by atoms with van der Waals surface area (Å²) in [4.78, 5) is 17.9. The molecule has 1 saturated heterocycles. The number of carbonyl (C=O) groups is 1. The van der Waals surface area contributed by atoms with Gasteiger partial charge >= 0.3 is 0 Å². The second-order valence-corrected chi connectivity index (χ2v) is 5.13. The SMILES string of the molecule is C=CC(=O)N1CCC(c2nc(-c3ccccc3)no2)CC1. The van der Waals surface area contributed by atoms with Gasteiger partial charge in [0.15, 0.2) is 0 Å². The molecule has 5 nitrogen and oxygen atoms in total. The van der Waals surface area contributed by atoms with Crippen molar-refractivity contribution in [1.29, 1.82) is 0 Å². The first-order chi connectivity index (χ1) is 10.3. The van der Waals surface area contributed by atoms with E-state index in [4.69, 9.17) is 4.52 Å². The lowest BCUT2D eigenvalue weighted by atomic mass is 9.96. The maximum atomic E-state index is 11.6. The van der Waals surface area contributed by atoms with Gasteiger partial charge in [-0.25, -0.2) is 0 Å². The van der Waals surface area contributed by atoms with Crippen LogP contribution in [-0.4, -0.2) is 34.0 Å². The van der Waals surface area contributed by atoms with Gasteiger partial charge in [0.1, 0.15) is 0 Å². The van der Waals surface area contributed by atoms with Crippen molar-refractivity contribution in [2.75, 3.05) is 13.1 Å². The van der Waals surface area contributed by atoms with E-state index in [0.29, 0.717) is 24.8 Å². The van der Waals surface area contributed by atoms with E-state index in [1.165, 1.54) is 6.08 Å². The number of benzene rings is 1. The molecule has 0 aliphatic carbocycles. The molecule has 21 heavy (non-hydrogen) atoms. The van der Waals surface area contributed by atoms with Crippen LogP contribution in [0.3, 0.4) is 0 Å². The molecule has 3 rings (SSSR count). The summed E-state index contributed by atoms with van der Waals surface area (Å²) in [5.74, 6) is 1.50. The van der Waals surface area contributed by atoms with Gasteiger partial charge in [0.25, 0.3) is 0 Å². The monoisotopic (exact) mass is 283 g/mol. The van der Waals surface area contributed by atoms with Crippen molar-refractivity contribution >= 4 is 5.91 Å². The largest absolute Gasteiger partial charge is 0.339 e. The molecule has 1 aromatic heterocycles. The zero-order valence-electron chi connectivity index (χ0n) is 11.7. The van der Waals surface area contributed by atoms with Gasteiger partial charge in [0, 0.05) is 24.6 Å². The lowest BCUT2D eigenvalue weighted by Gasteiger charge is -2.29. The van der Waals surface area contributed by atoms with Crippen molar-refractivity contribution < 1.29 is 9.32 Å². The smallest absolute Gasteiger partial charge is 0.245 e. The van der Waals surface area contributed by atoms with Gasteiger partial charge in [-0.3, -0.25) is 4.79 Å². The third kappa shape index (κ3) is 2.86. The maximum Gasteiger partial charge on any atom is 0.245 e. The molecule has 0 atom stereocenters. The molecule has 1 aliphatic heterocycles. The quantitative estimate of drug-likeness (QED) is 0.812. The summed E-state index contributed by atoms with van der Waals surface area (Å²) in [5, 5.41) is 4.05. The number of likely N-dealkylation sites (tertiary alicyclic amines) is 1. The van der Waals surface area contributed by atoms with E-state index in [1.54, 1.807) is 4.90 Å². The van der Waals surface area contributed by atoms with Crippen LogP contribution in [0.5, 0.6) is 0 Å². The first kappa shape index (κ1) is 13.5. The van der Waals surface area contributed by atoms with Crippen molar-refractivity contribution in [3.05, 3.63) is 48.9 Å². The van der Waals surface area contributed by atoms with Crippen LogP contribution in [0.15, 0.2) is 47.5 Å². The van der Waals surface area contributed by atoms with Gasteiger partial charge in [0.05, 0.1) is 0 Å². The fraction of sp³-hybridized carbons (Fsp3) is 0.312. The Labute approximate surface area is 123 Å². The molecule has 1 aliphatic rings. The zero-order valence-corrected chi connectivity index (χ0v) is 11.7. The van der Waals surface area contributed by atoms with E-state index in [2.05, 4.69) is 16.7 Å². The first-order valence-corrected chi connectivity index (χ1v) is 7.08. The molecule has 0 N–H and O–H groups in total. The molecule has 2 aromatic rings. The second-order valence-electron chi connectivity index (χ2n) is 5.13. The Bertz CT molecular complexity index is 628. The normalized spacial score (nSPS) is 15.9. The minimum atomic E-state index is -0.0102. The van der Waals surface area contributed by atoms with E-state index in [9.17, 15) is 4.79 Å². The fourth-order valence-electron chi connectivity index (χ4n) is 2.58. The molecule has 0 spiro atoms. The summed E-state index contributed by atoms with van der Waals surface area (Å²) < 4.78 is 5.40. The summed E-state index contributed by atoms with van der Waals surface area (Å²) >= 11 is 0. The van der Waals surface area contributed by atoms with Crippen LogP contribution in [0.4, 0.5) is 0 Å². The molecule has 1 amide bonds. The number of hydrogen-bond acceptors (Lipinski definition) is 4. The van der Waals surface area contributed by atoms with E-state index in [-0.39, 0.29) is 11.8 Å². The van der Waals surface area contributed by atoms with Gasteiger partial charge in [0.2, 0.25) is 17.6 Å². The zero-order chi connectivity index (χ0) is 14.7. The number of amides is 1. The third-order valence-corrected chi connectivity index (χ3v) is 3.80. The summed E-state index contributed by atoms with van der Waals surface area (Å²) in [7, 11) is 0. The predicted octanol–water partition coefficient (Wildman–Crippen LogP) is 2.63. The number of rotatable bonds is 3. The fourth-order valence-corrected chi connectivity index (χ4v) is 2.58. The molecular weight excluding hydrogens is 266 g/mol. The van der Waals surface area contributed by atoms with E-state index in [0.717, 1.165) is 18.4 Å². The maximum absolute atomic E-state index is 11.6. The first-order valence-electron chi connectivity index (χ1n) is 7.08. The minimum absolute atomic E-state index is 0.0102. The van der Waals surface area contributed by atoms with Gasteiger partial charge in [-0.2, -0.15) is 4.98 Å². The molecule has 2 heterocycles. The highest BCUT2D eigenvalue weighted by molar-refractivity contribution is 5.87. The standard InChI is InChI=1S/C16H17N3O2/c1-2-14(20)19-10-8-13(9-11-19)16-17-15(18-21-16)12-6-4-3-5-7-12/h2-7,13H,1,8-11H2. The summed E-state index contributed by atoms with van der Waals surface area (Å²) in [6.45, 7) is 4.93. The Kier molecular flexibility index (Phi) is 3.81. The van der Waals surface area contributed by atoms with E-state index >= 15 is 0 Å². The Balaban J connectivity index is 1.68. The molecule has 1 fully saturated rings. The van der Waals surface area contributed by atoms with Crippen molar-refractivity contribution in [2.24, 2.45) is 0 Å². The number of carbonyl (C=O) groups excluding carboxylic acids is 1. The van der Waals surface area contributed by atoms with Crippen molar-refractivity contribution in [3.63, 3.8) is 0 Å². The Hall–Kier alpha value is -2.43. The topological polar surface area (TPSA) is 59.2 Å². The lowest BCUT2D eigenvalue weighted by Crippen LogP contribution is -2.36. The van der Waals surface area contributed by atoms with Crippen LogP contribution >= 0.6 is 0 Å². The molecule has 0 unspecified atom stereocenters. The van der Waals surface area contributed by atoms with Crippen LogP contribution in [0, 0.1) is 0 Å². The summed E-state index contributed by atoms with van der Waals surface area (Å²) in [6, 6.07) is 9.77. The third-order valence-electron chi connectivity index (χ3n) is 3.80. The van der Waals surface area contributed by atoms with E-state index < -0.39 is 0 Å². The average molecular weight is 283 g/mol.